The molecule has 0 saturated heterocycles. The first-order chi connectivity index (χ1) is 10.1. The van der Waals surface area contributed by atoms with E-state index < -0.39 is 10.0 Å². The lowest BCUT2D eigenvalue weighted by Gasteiger charge is -2.08. The molecule has 0 radical (unpaired) electrons. The van der Waals surface area contributed by atoms with Gasteiger partial charge in [0, 0.05) is 19.7 Å². The van der Waals surface area contributed by atoms with Gasteiger partial charge in [0.05, 0.1) is 11.5 Å². The maximum absolute atomic E-state index is 12.1. The van der Waals surface area contributed by atoms with Gasteiger partial charge in [-0.3, -0.25) is 0 Å². The van der Waals surface area contributed by atoms with Gasteiger partial charge in [-0.15, -0.1) is 0 Å². The zero-order valence-electron chi connectivity index (χ0n) is 12.9. The van der Waals surface area contributed by atoms with E-state index in [1.165, 1.54) is 0 Å². The molecule has 0 aliphatic carbocycles. The molecule has 0 aliphatic heterocycles. The van der Waals surface area contributed by atoms with Crippen molar-refractivity contribution < 1.29 is 13.2 Å². The highest BCUT2D eigenvalue weighted by Gasteiger charge is 2.12. The molecule has 0 heterocycles. The van der Waals surface area contributed by atoms with Crippen LogP contribution in [0.3, 0.4) is 0 Å². The van der Waals surface area contributed by atoms with Crippen molar-refractivity contribution in [3.63, 3.8) is 0 Å². The van der Waals surface area contributed by atoms with Crippen LogP contribution in [-0.2, 0) is 21.3 Å². The van der Waals surface area contributed by atoms with Crippen molar-refractivity contribution in [2.45, 2.75) is 38.1 Å². The highest BCUT2D eigenvalue weighted by molar-refractivity contribution is 7.89. The Balaban J connectivity index is 2.42. The number of nitrogens with one attached hydrogen (secondary N) is 2. The van der Waals surface area contributed by atoms with Gasteiger partial charge in [-0.25, -0.2) is 13.1 Å². The fourth-order valence-electron chi connectivity index (χ4n) is 1.74. The first kappa shape index (κ1) is 18.1. The number of rotatable bonds is 11. The fraction of sp³-hybridized carbons (Fsp3) is 0.600. The van der Waals surface area contributed by atoms with E-state index in [2.05, 4.69) is 17.0 Å². The largest absolute Gasteiger partial charge is 0.380 e. The molecule has 0 saturated carbocycles. The molecule has 1 aromatic rings. The Labute approximate surface area is 128 Å². The third-order valence-corrected chi connectivity index (χ3v) is 4.47. The van der Waals surface area contributed by atoms with Crippen LogP contribution in [0.4, 0.5) is 0 Å². The van der Waals surface area contributed by atoms with Crippen molar-refractivity contribution in [2.75, 3.05) is 26.3 Å². The van der Waals surface area contributed by atoms with Gasteiger partial charge in [0.1, 0.15) is 0 Å². The molecule has 0 atom stereocenters. The highest BCUT2D eigenvalue weighted by Crippen LogP contribution is 2.10. The predicted molar refractivity (Wildman–Crippen MR) is 84.7 cm³/mol. The topological polar surface area (TPSA) is 67.4 Å². The number of benzene rings is 1. The van der Waals surface area contributed by atoms with Gasteiger partial charge < -0.3 is 10.1 Å². The lowest BCUT2D eigenvalue weighted by Crippen LogP contribution is -2.27. The van der Waals surface area contributed by atoms with E-state index in [-0.39, 0.29) is 4.90 Å². The van der Waals surface area contributed by atoms with E-state index in [1.807, 2.05) is 19.1 Å². The van der Waals surface area contributed by atoms with Crippen LogP contribution in [0.2, 0.25) is 0 Å². The Bertz CT molecular complexity index is 486. The zero-order chi connectivity index (χ0) is 15.6. The molecule has 0 aliphatic rings. The van der Waals surface area contributed by atoms with Crippen LogP contribution < -0.4 is 10.0 Å². The second kappa shape index (κ2) is 9.89. The molecule has 5 nitrogen and oxygen atoms in total. The summed E-state index contributed by atoms with van der Waals surface area (Å²) >= 11 is 0. The van der Waals surface area contributed by atoms with Crippen LogP contribution in [0.15, 0.2) is 29.2 Å². The number of sulfonamides is 1. The summed E-state index contributed by atoms with van der Waals surface area (Å²) in [5.74, 6) is 0. The minimum atomic E-state index is -3.44. The van der Waals surface area contributed by atoms with Crippen LogP contribution in [0.5, 0.6) is 0 Å². The van der Waals surface area contributed by atoms with Gasteiger partial charge in [0.25, 0.3) is 0 Å². The van der Waals surface area contributed by atoms with Crippen LogP contribution in [-0.4, -0.2) is 34.7 Å². The maximum Gasteiger partial charge on any atom is 0.240 e. The molecular weight excluding hydrogens is 288 g/mol. The second-order valence-electron chi connectivity index (χ2n) is 4.79. The molecule has 120 valence electrons. The Hall–Kier alpha value is -0.950. The van der Waals surface area contributed by atoms with E-state index >= 15 is 0 Å². The van der Waals surface area contributed by atoms with Crippen molar-refractivity contribution in [3.8, 4) is 0 Å². The summed E-state index contributed by atoms with van der Waals surface area (Å²) in [5.41, 5.74) is 1.07. The zero-order valence-corrected chi connectivity index (χ0v) is 13.7. The lowest BCUT2D eigenvalue weighted by molar-refractivity contribution is 0.136. The molecule has 0 fully saturated rings. The molecular formula is C15H26N2O3S. The average molecular weight is 314 g/mol. The third kappa shape index (κ3) is 7.04. The van der Waals surface area contributed by atoms with Crippen molar-refractivity contribution in [3.05, 3.63) is 29.8 Å². The van der Waals surface area contributed by atoms with Crippen LogP contribution in [0, 0.1) is 0 Å². The Morgan fingerprint density at radius 3 is 2.43 bits per heavy atom. The molecule has 1 rings (SSSR count). The monoisotopic (exact) mass is 314 g/mol. The molecule has 0 spiro atoms. The Kier molecular flexibility index (Phi) is 8.52. The molecule has 0 bridgehead atoms. The molecule has 0 unspecified atom stereocenters. The van der Waals surface area contributed by atoms with Crippen molar-refractivity contribution in [1.82, 2.24) is 10.0 Å². The summed E-state index contributed by atoms with van der Waals surface area (Å²) in [7, 11) is -3.44. The standard InChI is InChI=1S/C15H26N2O3S/c1-3-5-11-20-12-10-17-21(18,19)15-8-6-14(7-9-15)13-16-4-2/h6-9,16-17H,3-5,10-13H2,1-2H3. The van der Waals surface area contributed by atoms with Gasteiger partial charge in [-0.2, -0.15) is 0 Å². The van der Waals surface area contributed by atoms with Gasteiger partial charge in [-0.1, -0.05) is 32.4 Å². The Morgan fingerprint density at radius 1 is 1.10 bits per heavy atom. The highest BCUT2D eigenvalue weighted by atomic mass is 32.2. The summed E-state index contributed by atoms with van der Waals surface area (Å²) in [4.78, 5) is 0.288. The molecule has 0 aromatic heterocycles. The van der Waals surface area contributed by atoms with E-state index in [4.69, 9.17) is 4.74 Å². The normalized spacial score (nSPS) is 11.7. The van der Waals surface area contributed by atoms with E-state index in [0.717, 1.165) is 31.5 Å². The minimum absolute atomic E-state index is 0.288. The smallest absolute Gasteiger partial charge is 0.240 e. The van der Waals surface area contributed by atoms with E-state index in [9.17, 15) is 8.42 Å². The molecule has 0 amide bonds. The molecule has 6 heteroatoms. The van der Waals surface area contributed by atoms with Crippen LogP contribution >= 0.6 is 0 Å². The molecule has 1 aromatic carbocycles. The number of hydrogen-bond acceptors (Lipinski definition) is 4. The number of ether oxygens (including phenoxy) is 1. The summed E-state index contributed by atoms with van der Waals surface area (Å²) in [6, 6.07) is 6.92. The summed E-state index contributed by atoms with van der Waals surface area (Å²) in [5, 5.41) is 3.20. The van der Waals surface area contributed by atoms with Gasteiger partial charge in [0.2, 0.25) is 10.0 Å². The summed E-state index contributed by atoms with van der Waals surface area (Å²) < 4.78 is 32.0. The average Bonchev–Trinajstić information content (AvgIpc) is 2.49. The molecule has 21 heavy (non-hydrogen) atoms. The third-order valence-electron chi connectivity index (χ3n) is 2.99. The predicted octanol–water partition coefficient (Wildman–Crippen LogP) is 1.89. The summed E-state index contributed by atoms with van der Waals surface area (Å²) in [6.07, 6.45) is 2.07. The second-order valence-corrected chi connectivity index (χ2v) is 6.55. The fourth-order valence-corrected chi connectivity index (χ4v) is 2.75. The quantitative estimate of drug-likeness (QED) is 0.612. The van der Waals surface area contributed by atoms with Gasteiger partial charge >= 0.3 is 0 Å². The van der Waals surface area contributed by atoms with Crippen LogP contribution in [0.1, 0.15) is 32.3 Å². The number of unbranched alkanes of at least 4 members (excludes halogenated alkanes) is 1. The molecule has 2 N–H and O–H groups in total. The first-order valence-electron chi connectivity index (χ1n) is 7.47. The van der Waals surface area contributed by atoms with Gasteiger partial charge in [0.15, 0.2) is 0 Å². The lowest BCUT2D eigenvalue weighted by atomic mass is 10.2. The van der Waals surface area contributed by atoms with Crippen molar-refractivity contribution in [1.29, 1.82) is 0 Å². The van der Waals surface area contributed by atoms with Crippen molar-refractivity contribution in [2.24, 2.45) is 0 Å². The van der Waals surface area contributed by atoms with Gasteiger partial charge in [-0.05, 0) is 30.7 Å². The minimum Gasteiger partial charge on any atom is -0.380 e. The van der Waals surface area contributed by atoms with E-state index in [1.54, 1.807) is 12.1 Å². The SMILES string of the molecule is CCCCOCCNS(=O)(=O)c1ccc(CNCC)cc1. The Morgan fingerprint density at radius 2 is 1.81 bits per heavy atom. The number of hydrogen-bond donors (Lipinski definition) is 2. The van der Waals surface area contributed by atoms with Crippen molar-refractivity contribution >= 4 is 10.0 Å². The first-order valence-corrected chi connectivity index (χ1v) is 8.95. The maximum atomic E-state index is 12.1. The van der Waals surface area contributed by atoms with E-state index in [0.29, 0.717) is 19.8 Å². The van der Waals surface area contributed by atoms with Crippen LogP contribution in [0.25, 0.3) is 0 Å². The summed E-state index contributed by atoms with van der Waals surface area (Å²) in [6.45, 7) is 7.13.